The highest BCUT2D eigenvalue weighted by Crippen LogP contribution is 2.60. The van der Waals surface area contributed by atoms with E-state index in [-0.39, 0.29) is 24.3 Å². The number of ether oxygens (including phenoxy) is 1. The van der Waals surface area contributed by atoms with Crippen LogP contribution in [-0.4, -0.2) is 66.0 Å². The van der Waals surface area contributed by atoms with Crippen molar-refractivity contribution in [3.63, 3.8) is 0 Å². The number of hydrogen-bond acceptors (Lipinski definition) is 4. The van der Waals surface area contributed by atoms with Gasteiger partial charge in [0.1, 0.15) is 5.60 Å². The first-order valence-electron chi connectivity index (χ1n) is 11.7. The van der Waals surface area contributed by atoms with Gasteiger partial charge < -0.3 is 19.9 Å². The number of rotatable bonds is 4. The first-order chi connectivity index (χ1) is 14.1. The van der Waals surface area contributed by atoms with E-state index in [1.165, 1.54) is 19.3 Å². The molecule has 3 amide bonds. The summed E-state index contributed by atoms with van der Waals surface area (Å²) in [5.74, 6) is 2.68. The second kappa shape index (κ2) is 8.04. The molecule has 0 aromatic heterocycles. The Balaban J connectivity index is 1.22. The van der Waals surface area contributed by atoms with Crippen molar-refractivity contribution in [1.29, 1.82) is 0 Å². The lowest BCUT2D eigenvalue weighted by Gasteiger charge is -2.57. The molecule has 0 atom stereocenters. The lowest BCUT2D eigenvalue weighted by atomic mass is 9.49. The van der Waals surface area contributed by atoms with Gasteiger partial charge in [0.15, 0.2) is 0 Å². The molecule has 5 rings (SSSR count). The van der Waals surface area contributed by atoms with Crippen molar-refractivity contribution in [3.8, 4) is 0 Å². The third-order valence-corrected chi connectivity index (χ3v) is 7.42. The predicted molar refractivity (Wildman–Crippen MR) is 113 cm³/mol. The number of hydrogen-bond donors (Lipinski definition) is 1. The summed E-state index contributed by atoms with van der Waals surface area (Å²) in [5.41, 5.74) is -0.647. The van der Waals surface area contributed by atoms with E-state index in [0.717, 1.165) is 37.0 Å². The zero-order chi connectivity index (χ0) is 21.5. The number of nitrogens with one attached hydrogen (secondary N) is 1. The van der Waals surface area contributed by atoms with Crippen molar-refractivity contribution in [2.24, 2.45) is 23.2 Å². The highest BCUT2D eigenvalue weighted by atomic mass is 16.6. The number of piperazine rings is 1. The van der Waals surface area contributed by atoms with E-state index in [4.69, 9.17) is 4.74 Å². The summed E-state index contributed by atoms with van der Waals surface area (Å²) in [6.07, 6.45) is 7.04. The third-order valence-electron chi connectivity index (χ3n) is 7.42. The van der Waals surface area contributed by atoms with Gasteiger partial charge in [0.25, 0.3) is 0 Å². The molecule has 5 aliphatic rings. The summed E-state index contributed by atoms with van der Waals surface area (Å²) in [6, 6.07) is 0. The van der Waals surface area contributed by atoms with Crippen LogP contribution in [0.15, 0.2) is 0 Å². The fraction of sp³-hybridized carbons (Fsp3) is 0.870. The lowest BCUT2D eigenvalue weighted by molar-refractivity contribution is -0.160. The van der Waals surface area contributed by atoms with E-state index in [9.17, 15) is 14.4 Å². The Morgan fingerprint density at radius 3 is 1.90 bits per heavy atom. The summed E-state index contributed by atoms with van der Waals surface area (Å²) >= 11 is 0. The van der Waals surface area contributed by atoms with Gasteiger partial charge >= 0.3 is 6.09 Å². The van der Waals surface area contributed by atoms with E-state index in [1.54, 1.807) is 0 Å². The van der Waals surface area contributed by atoms with Crippen LogP contribution < -0.4 is 5.32 Å². The fourth-order valence-electron chi connectivity index (χ4n) is 6.61. The number of alkyl carbamates (subject to hydrolysis) is 1. The predicted octanol–water partition coefficient (Wildman–Crippen LogP) is 2.79. The molecular formula is C23H37N3O4. The largest absolute Gasteiger partial charge is 0.444 e. The van der Waals surface area contributed by atoms with Crippen molar-refractivity contribution >= 4 is 17.9 Å². The monoisotopic (exact) mass is 419 g/mol. The SMILES string of the molecule is CC(C)(C)OC(=O)NCCC(=O)N1CCN(C(=O)C23CC4CC(CC(C4)C2)C3)CC1. The fourth-order valence-corrected chi connectivity index (χ4v) is 6.61. The van der Waals surface area contributed by atoms with Crippen molar-refractivity contribution in [2.45, 2.75) is 71.3 Å². The molecule has 0 radical (unpaired) electrons. The van der Waals surface area contributed by atoms with Crippen molar-refractivity contribution < 1.29 is 19.1 Å². The van der Waals surface area contributed by atoms with Crippen LogP contribution in [0.2, 0.25) is 0 Å². The van der Waals surface area contributed by atoms with Crippen LogP contribution in [0.1, 0.15) is 65.7 Å². The van der Waals surface area contributed by atoms with Gasteiger partial charge in [0.2, 0.25) is 11.8 Å². The topological polar surface area (TPSA) is 79.0 Å². The maximum absolute atomic E-state index is 13.5. The van der Waals surface area contributed by atoms with E-state index in [1.807, 2.05) is 30.6 Å². The van der Waals surface area contributed by atoms with Crippen LogP contribution in [-0.2, 0) is 14.3 Å². The van der Waals surface area contributed by atoms with Crippen LogP contribution >= 0.6 is 0 Å². The van der Waals surface area contributed by atoms with E-state index in [2.05, 4.69) is 5.32 Å². The van der Waals surface area contributed by atoms with E-state index >= 15 is 0 Å². The highest BCUT2D eigenvalue weighted by molar-refractivity contribution is 5.84. The second-order valence-electron chi connectivity index (χ2n) is 11.0. The minimum atomic E-state index is -0.548. The molecule has 4 bridgehead atoms. The summed E-state index contributed by atoms with van der Waals surface area (Å²) in [6.45, 7) is 8.12. The van der Waals surface area contributed by atoms with Gasteiger partial charge in [-0.05, 0) is 77.0 Å². The van der Waals surface area contributed by atoms with Gasteiger partial charge in [-0.2, -0.15) is 0 Å². The number of carbonyl (C=O) groups is 3. The Kier molecular flexibility index (Phi) is 5.75. The summed E-state index contributed by atoms with van der Waals surface area (Å²) in [4.78, 5) is 41.5. The number of amides is 3. The number of nitrogens with zero attached hydrogens (tertiary/aromatic N) is 2. The average Bonchev–Trinajstić information content (AvgIpc) is 2.65. The molecule has 30 heavy (non-hydrogen) atoms. The smallest absolute Gasteiger partial charge is 0.407 e. The minimum absolute atomic E-state index is 0.0213. The standard InChI is InChI=1S/C23H37N3O4/c1-22(2,3)30-21(29)24-5-4-19(27)25-6-8-26(9-7-25)20(28)23-13-16-10-17(14-23)12-18(11-16)15-23/h16-18H,4-15H2,1-3H3,(H,24,29). The van der Waals surface area contributed by atoms with E-state index < -0.39 is 11.7 Å². The summed E-state index contributed by atoms with van der Waals surface area (Å²) in [7, 11) is 0. The zero-order valence-electron chi connectivity index (χ0n) is 18.7. The number of carbonyl (C=O) groups excluding carboxylic acids is 3. The molecule has 1 N–H and O–H groups in total. The van der Waals surface area contributed by atoms with Crippen molar-refractivity contribution in [2.75, 3.05) is 32.7 Å². The molecule has 0 aromatic rings. The maximum atomic E-state index is 13.5. The molecule has 1 aliphatic heterocycles. The first-order valence-corrected chi connectivity index (χ1v) is 11.7. The Morgan fingerprint density at radius 2 is 1.40 bits per heavy atom. The van der Waals surface area contributed by atoms with Crippen LogP contribution in [0, 0.1) is 23.2 Å². The summed E-state index contributed by atoms with van der Waals surface area (Å²) < 4.78 is 5.19. The maximum Gasteiger partial charge on any atom is 0.407 e. The van der Waals surface area contributed by atoms with Gasteiger partial charge in [0.05, 0.1) is 5.41 Å². The average molecular weight is 420 g/mol. The highest BCUT2D eigenvalue weighted by Gasteiger charge is 2.55. The third kappa shape index (κ3) is 4.59. The molecule has 0 aromatic carbocycles. The van der Waals surface area contributed by atoms with Gasteiger partial charge in [-0.25, -0.2) is 4.79 Å². The quantitative estimate of drug-likeness (QED) is 0.760. The molecule has 4 saturated carbocycles. The molecule has 7 nitrogen and oxygen atoms in total. The van der Waals surface area contributed by atoms with Crippen molar-refractivity contribution in [3.05, 3.63) is 0 Å². The Hall–Kier alpha value is -1.79. The second-order valence-corrected chi connectivity index (χ2v) is 11.0. The first kappa shape index (κ1) is 21.4. The molecular weight excluding hydrogens is 382 g/mol. The van der Waals surface area contributed by atoms with Crippen molar-refractivity contribution in [1.82, 2.24) is 15.1 Å². The molecule has 7 heteroatoms. The normalized spacial score (nSPS) is 32.8. The molecule has 0 unspecified atom stereocenters. The van der Waals surface area contributed by atoms with Crippen LogP contribution in [0.25, 0.3) is 0 Å². The molecule has 0 spiro atoms. The van der Waals surface area contributed by atoms with Gasteiger partial charge in [0, 0.05) is 39.1 Å². The minimum Gasteiger partial charge on any atom is -0.444 e. The van der Waals surface area contributed by atoms with Gasteiger partial charge in [-0.1, -0.05) is 0 Å². The molecule has 1 saturated heterocycles. The zero-order valence-corrected chi connectivity index (χ0v) is 18.7. The van der Waals surface area contributed by atoms with Gasteiger partial charge in [-0.15, -0.1) is 0 Å². The summed E-state index contributed by atoms with van der Waals surface area (Å²) in [5, 5.41) is 2.64. The molecule has 4 aliphatic carbocycles. The van der Waals surface area contributed by atoms with Crippen LogP contribution in [0.4, 0.5) is 4.79 Å². The van der Waals surface area contributed by atoms with Crippen LogP contribution in [0.3, 0.4) is 0 Å². The Morgan fingerprint density at radius 1 is 0.900 bits per heavy atom. The van der Waals surface area contributed by atoms with Crippen LogP contribution in [0.5, 0.6) is 0 Å². The Labute approximate surface area is 179 Å². The van der Waals surface area contributed by atoms with Gasteiger partial charge in [-0.3, -0.25) is 9.59 Å². The lowest BCUT2D eigenvalue weighted by Crippen LogP contribution is -2.58. The molecule has 5 fully saturated rings. The molecule has 1 heterocycles. The van der Waals surface area contributed by atoms with E-state index in [0.29, 0.717) is 32.1 Å². The molecule has 168 valence electrons. The Bertz CT molecular complexity index is 656.